The molecule has 2 atom stereocenters. The van der Waals surface area contributed by atoms with Crippen LogP contribution in [-0.2, 0) is 15.8 Å². The second-order valence-corrected chi connectivity index (χ2v) is 8.11. The lowest BCUT2D eigenvalue weighted by molar-refractivity contribution is -0.143. The molecule has 1 aromatic rings. The van der Waals surface area contributed by atoms with Crippen LogP contribution >= 0.6 is 0 Å². The summed E-state index contributed by atoms with van der Waals surface area (Å²) in [6, 6.07) is 2.42. The molecule has 5 nitrogen and oxygen atoms in total. The zero-order valence-corrected chi connectivity index (χ0v) is 15.6. The van der Waals surface area contributed by atoms with Crippen LogP contribution in [0.15, 0.2) is 18.3 Å². The molecule has 1 saturated heterocycles. The van der Waals surface area contributed by atoms with Gasteiger partial charge in [-0.2, -0.15) is 13.2 Å². The number of nitrogens with zero attached hydrogens (tertiary/aromatic N) is 3. The Hall–Kier alpha value is -2.12. The summed E-state index contributed by atoms with van der Waals surface area (Å²) in [7, 11) is 0. The lowest BCUT2D eigenvalue weighted by Crippen LogP contribution is -2.52. The van der Waals surface area contributed by atoms with Gasteiger partial charge in [0.1, 0.15) is 11.6 Å². The summed E-state index contributed by atoms with van der Waals surface area (Å²) in [5.74, 6) is 1.03. The monoisotopic (exact) mass is 395 g/mol. The molecule has 1 aromatic heterocycles. The van der Waals surface area contributed by atoms with Crippen molar-refractivity contribution < 1.29 is 22.8 Å². The van der Waals surface area contributed by atoms with E-state index in [1.54, 1.807) is 0 Å². The van der Waals surface area contributed by atoms with E-state index in [0.717, 1.165) is 31.5 Å². The Morgan fingerprint density at radius 1 is 1.04 bits per heavy atom. The number of anilines is 1. The van der Waals surface area contributed by atoms with E-state index >= 15 is 0 Å². The van der Waals surface area contributed by atoms with Crippen LogP contribution in [0.3, 0.4) is 0 Å². The van der Waals surface area contributed by atoms with Gasteiger partial charge >= 0.3 is 6.18 Å². The molecule has 152 valence electrons. The van der Waals surface area contributed by atoms with Crippen LogP contribution in [-0.4, -0.2) is 47.8 Å². The van der Waals surface area contributed by atoms with Crippen molar-refractivity contribution in [1.29, 1.82) is 0 Å². The van der Waals surface area contributed by atoms with Crippen molar-refractivity contribution in [2.24, 2.45) is 17.8 Å². The maximum absolute atomic E-state index is 12.9. The number of hydrogen-bond donors (Lipinski definition) is 0. The topological polar surface area (TPSA) is 53.5 Å². The van der Waals surface area contributed by atoms with Gasteiger partial charge in [-0.3, -0.25) is 9.59 Å². The molecule has 2 saturated carbocycles. The van der Waals surface area contributed by atoms with Crippen LogP contribution in [0, 0.1) is 17.8 Å². The summed E-state index contributed by atoms with van der Waals surface area (Å²) in [5.41, 5.74) is -0.762. The molecule has 4 rings (SSSR count). The average Bonchev–Trinajstić information content (AvgIpc) is 2.67. The molecule has 0 aromatic carbocycles. The van der Waals surface area contributed by atoms with E-state index in [9.17, 15) is 22.8 Å². The Kier molecular flexibility index (Phi) is 5.05. The minimum atomic E-state index is -4.39. The van der Waals surface area contributed by atoms with Crippen LogP contribution in [0.5, 0.6) is 0 Å². The number of carbonyl (C=O) groups excluding carboxylic acids is 2. The smallest absolute Gasteiger partial charge is 0.353 e. The second kappa shape index (κ2) is 7.37. The zero-order valence-electron chi connectivity index (χ0n) is 15.6. The number of Topliss-reactive ketones (excluding diaryl/α,β-unsaturated/α-hetero) is 1. The highest BCUT2D eigenvalue weighted by Crippen LogP contribution is 2.40. The molecule has 1 amide bonds. The molecule has 2 bridgehead atoms. The molecule has 0 radical (unpaired) electrons. The Morgan fingerprint density at radius 3 is 2.21 bits per heavy atom. The van der Waals surface area contributed by atoms with Gasteiger partial charge in [0.25, 0.3) is 0 Å². The van der Waals surface area contributed by atoms with Crippen LogP contribution in [0.2, 0.25) is 0 Å². The Labute approximate surface area is 161 Å². The van der Waals surface area contributed by atoms with Gasteiger partial charge in [0.15, 0.2) is 0 Å². The van der Waals surface area contributed by atoms with E-state index in [-0.39, 0.29) is 23.7 Å². The number of hydrogen-bond acceptors (Lipinski definition) is 4. The molecule has 8 heteroatoms. The van der Waals surface area contributed by atoms with Crippen molar-refractivity contribution in [3.63, 3.8) is 0 Å². The maximum atomic E-state index is 12.9. The fourth-order valence-electron chi connectivity index (χ4n) is 4.84. The van der Waals surface area contributed by atoms with Crippen LogP contribution < -0.4 is 4.90 Å². The molecule has 2 unspecified atom stereocenters. The molecule has 28 heavy (non-hydrogen) atoms. The number of aromatic nitrogens is 1. The van der Waals surface area contributed by atoms with Gasteiger partial charge in [0.2, 0.25) is 5.91 Å². The van der Waals surface area contributed by atoms with E-state index < -0.39 is 11.7 Å². The highest BCUT2D eigenvalue weighted by molar-refractivity contribution is 5.88. The number of piperazine rings is 1. The van der Waals surface area contributed by atoms with Gasteiger partial charge < -0.3 is 9.80 Å². The molecule has 0 N–H and O–H groups in total. The molecular formula is C20H24F3N3O2. The first-order valence-electron chi connectivity index (χ1n) is 9.93. The molecule has 3 aliphatic rings. The van der Waals surface area contributed by atoms with Gasteiger partial charge in [-0.25, -0.2) is 4.98 Å². The predicted molar refractivity (Wildman–Crippen MR) is 96.6 cm³/mol. The van der Waals surface area contributed by atoms with Crippen molar-refractivity contribution in [2.75, 3.05) is 31.1 Å². The SMILES string of the molecule is O=C1C2CCCC1CC(C(=O)N1CCN(c3ccc(C(F)(F)F)cn3)CC1)C2. The highest BCUT2D eigenvalue weighted by Gasteiger charge is 2.42. The van der Waals surface area contributed by atoms with Crippen molar-refractivity contribution in [3.05, 3.63) is 23.9 Å². The summed E-state index contributed by atoms with van der Waals surface area (Å²) in [4.78, 5) is 32.9. The molecule has 0 spiro atoms. The summed E-state index contributed by atoms with van der Waals surface area (Å²) >= 11 is 0. The quantitative estimate of drug-likeness (QED) is 0.772. The van der Waals surface area contributed by atoms with E-state index in [0.29, 0.717) is 50.6 Å². The molecule has 2 aliphatic carbocycles. The van der Waals surface area contributed by atoms with Crippen LogP contribution in [0.4, 0.5) is 19.0 Å². The van der Waals surface area contributed by atoms with E-state index in [4.69, 9.17) is 0 Å². The fraction of sp³-hybridized carbons (Fsp3) is 0.650. The Morgan fingerprint density at radius 2 is 1.68 bits per heavy atom. The molecular weight excluding hydrogens is 371 g/mol. The number of pyridine rings is 1. The van der Waals surface area contributed by atoms with Crippen molar-refractivity contribution in [1.82, 2.24) is 9.88 Å². The van der Waals surface area contributed by atoms with E-state index in [1.165, 1.54) is 6.07 Å². The molecule has 2 heterocycles. The number of rotatable bonds is 2. The first-order valence-corrected chi connectivity index (χ1v) is 9.93. The summed E-state index contributed by atoms with van der Waals surface area (Å²) < 4.78 is 38.0. The molecule has 1 aliphatic heterocycles. The summed E-state index contributed by atoms with van der Waals surface area (Å²) in [6.07, 6.45) is 0.713. The van der Waals surface area contributed by atoms with Gasteiger partial charge in [-0.1, -0.05) is 6.42 Å². The second-order valence-electron chi connectivity index (χ2n) is 8.11. The van der Waals surface area contributed by atoms with E-state index in [2.05, 4.69) is 4.98 Å². The lowest BCUT2D eigenvalue weighted by atomic mass is 9.67. The predicted octanol–water partition coefficient (Wildman–Crippen LogP) is 3.14. The number of amides is 1. The Bertz CT molecular complexity index is 726. The minimum absolute atomic E-state index is 0.0547. The molecule has 3 fully saturated rings. The van der Waals surface area contributed by atoms with Crippen LogP contribution in [0.25, 0.3) is 0 Å². The van der Waals surface area contributed by atoms with Crippen LogP contribution in [0.1, 0.15) is 37.7 Å². The number of halogens is 3. The summed E-state index contributed by atoms with van der Waals surface area (Å²) in [6.45, 7) is 2.15. The van der Waals surface area contributed by atoms with Gasteiger partial charge in [0.05, 0.1) is 5.56 Å². The van der Waals surface area contributed by atoms with Gasteiger partial charge in [-0.05, 0) is 37.8 Å². The highest BCUT2D eigenvalue weighted by atomic mass is 19.4. The zero-order chi connectivity index (χ0) is 19.9. The van der Waals surface area contributed by atoms with Crippen molar-refractivity contribution in [2.45, 2.75) is 38.3 Å². The van der Waals surface area contributed by atoms with Crippen molar-refractivity contribution >= 4 is 17.5 Å². The number of carbonyl (C=O) groups is 2. The number of ketones is 1. The lowest BCUT2D eigenvalue weighted by Gasteiger charge is -2.41. The average molecular weight is 395 g/mol. The van der Waals surface area contributed by atoms with E-state index in [1.807, 2.05) is 9.80 Å². The third kappa shape index (κ3) is 3.73. The normalized spacial score (nSPS) is 28.4. The third-order valence-corrected chi connectivity index (χ3v) is 6.39. The largest absolute Gasteiger partial charge is 0.417 e. The standard InChI is InChI=1S/C20H24F3N3O2/c21-20(22,23)16-4-5-17(24-12-16)25-6-8-26(9-7-25)19(28)15-10-13-2-1-3-14(11-15)18(13)27/h4-5,12-15H,1-3,6-11H2. The number of alkyl halides is 3. The summed E-state index contributed by atoms with van der Waals surface area (Å²) in [5, 5.41) is 0. The first-order chi connectivity index (χ1) is 13.3. The van der Waals surface area contributed by atoms with Gasteiger partial charge in [0, 0.05) is 50.1 Å². The van der Waals surface area contributed by atoms with Crippen molar-refractivity contribution in [3.8, 4) is 0 Å². The fourth-order valence-corrected chi connectivity index (χ4v) is 4.84. The first kappa shape index (κ1) is 19.2. The maximum Gasteiger partial charge on any atom is 0.417 e. The van der Waals surface area contributed by atoms with Gasteiger partial charge in [-0.15, -0.1) is 0 Å². The third-order valence-electron chi connectivity index (χ3n) is 6.39. The minimum Gasteiger partial charge on any atom is -0.353 e. The number of fused-ring (bicyclic) bond motifs is 2. The Balaban J connectivity index is 1.34.